The second-order valence-electron chi connectivity index (χ2n) is 7.97. The van der Waals surface area contributed by atoms with E-state index in [1.54, 1.807) is 23.1 Å². The number of pyridine rings is 1. The third-order valence-corrected chi connectivity index (χ3v) is 7.68. The van der Waals surface area contributed by atoms with E-state index in [1.807, 2.05) is 32.9 Å². The Morgan fingerprint density at radius 3 is 2.33 bits per heavy atom. The minimum atomic E-state index is -3.90. The molecule has 0 aliphatic rings. The summed E-state index contributed by atoms with van der Waals surface area (Å²) in [6.07, 6.45) is 4.06. The van der Waals surface area contributed by atoms with Crippen LogP contribution in [0.25, 0.3) is 10.9 Å². The Labute approximate surface area is 195 Å². The number of nitrogens with one attached hydrogen (secondary N) is 1. The van der Waals surface area contributed by atoms with E-state index < -0.39 is 15.5 Å². The Hall–Kier alpha value is -3.13. The molecule has 0 bridgehead atoms. The predicted molar refractivity (Wildman–Crippen MR) is 132 cm³/mol. The van der Waals surface area contributed by atoms with Gasteiger partial charge < -0.3 is 9.88 Å². The fourth-order valence-electron chi connectivity index (χ4n) is 3.68. The highest BCUT2D eigenvalue weighted by molar-refractivity contribution is 7.92. The molecule has 0 aliphatic heterocycles. The summed E-state index contributed by atoms with van der Waals surface area (Å²) in [5.74, 6) is -0.351. The summed E-state index contributed by atoms with van der Waals surface area (Å²) in [5.41, 5.74) is 1.65. The van der Waals surface area contributed by atoms with Crippen LogP contribution in [0, 0.1) is 0 Å². The highest BCUT2D eigenvalue weighted by Crippen LogP contribution is 2.24. The van der Waals surface area contributed by atoms with Crippen molar-refractivity contribution in [2.45, 2.75) is 44.9 Å². The van der Waals surface area contributed by atoms with Gasteiger partial charge in [-0.3, -0.25) is 13.9 Å². The van der Waals surface area contributed by atoms with Crippen LogP contribution in [-0.2, 0) is 16.4 Å². The number of amides is 1. The predicted octanol–water partition coefficient (Wildman–Crippen LogP) is 4.18. The zero-order chi connectivity index (χ0) is 24.2. The van der Waals surface area contributed by atoms with Crippen molar-refractivity contribution < 1.29 is 13.2 Å². The van der Waals surface area contributed by atoms with E-state index in [2.05, 4.69) is 4.98 Å². The van der Waals surface area contributed by atoms with Gasteiger partial charge in [-0.05, 0) is 55.7 Å². The lowest BCUT2D eigenvalue weighted by Gasteiger charge is -2.21. The monoisotopic (exact) mass is 469 g/mol. The molecule has 7 nitrogen and oxygen atoms in total. The second kappa shape index (κ2) is 10.2. The van der Waals surface area contributed by atoms with Gasteiger partial charge in [-0.15, -0.1) is 0 Å². The highest BCUT2D eigenvalue weighted by atomic mass is 32.2. The molecule has 0 aliphatic carbocycles. The van der Waals surface area contributed by atoms with E-state index in [0.29, 0.717) is 24.3 Å². The number of carbonyl (C=O) groups excluding carboxylic acids is 1. The molecule has 1 N–H and O–H groups in total. The van der Waals surface area contributed by atoms with E-state index in [4.69, 9.17) is 0 Å². The van der Waals surface area contributed by atoms with Gasteiger partial charge >= 0.3 is 0 Å². The first-order chi connectivity index (χ1) is 15.7. The summed E-state index contributed by atoms with van der Waals surface area (Å²) < 4.78 is 27.7. The summed E-state index contributed by atoms with van der Waals surface area (Å²) in [5, 5.41) is 0.170. The van der Waals surface area contributed by atoms with Gasteiger partial charge in [-0.1, -0.05) is 32.4 Å². The number of nitrogens with zero attached hydrogens (tertiary/aromatic N) is 2. The molecule has 0 fully saturated rings. The number of unbranched alkanes of at least 4 members (excludes halogenated alkanes) is 1. The zero-order valence-corrected chi connectivity index (χ0v) is 20.4. The van der Waals surface area contributed by atoms with Gasteiger partial charge in [0, 0.05) is 37.2 Å². The van der Waals surface area contributed by atoms with Crippen LogP contribution in [0.15, 0.2) is 58.4 Å². The van der Waals surface area contributed by atoms with Crippen molar-refractivity contribution in [2.24, 2.45) is 0 Å². The molecule has 176 valence electrons. The number of rotatable bonds is 9. The van der Waals surface area contributed by atoms with Gasteiger partial charge in [0.2, 0.25) is 5.43 Å². The molecular formula is C25H31N3O4S. The van der Waals surface area contributed by atoms with E-state index in [0.717, 1.165) is 24.8 Å². The van der Waals surface area contributed by atoms with Gasteiger partial charge in [0.1, 0.15) is 5.56 Å². The number of aromatic amines is 1. The number of H-pyrrole nitrogens is 1. The minimum absolute atomic E-state index is 0.00880. The number of benzene rings is 2. The summed E-state index contributed by atoms with van der Waals surface area (Å²) in [7, 11) is -2.42. The first kappa shape index (κ1) is 24.5. The fourth-order valence-corrected chi connectivity index (χ4v) is 4.90. The van der Waals surface area contributed by atoms with Gasteiger partial charge in [0.05, 0.1) is 10.6 Å². The Morgan fingerprint density at radius 2 is 1.73 bits per heavy atom. The van der Waals surface area contributed by atoms with Crippen molar-refractivity contribution in [2.75, 3.05) is 24.4 Å². The van der Waals surface area contributed by atoms with Crippen molar-refractivity contribution in [3.63, 3.8) is 0 Å². The van der Waals surface area contributed by atoms with Crippen molar-refractivity contribution in [3.05, 3.63) is 70.0 Å². The van der Waals surface area contributed by atoms with Crippen LogP contribution in [-0.4, -0.2) is 44.3 Å². The lowest BCUT2D eigenvalue weighted by atomic mass is 10.1. The van der Waals surface area contributed by atoms with Gasteiger partial charge in [-0.25, -0.2) is 8.42 Å². The maximum atomic E-state index is 13.3. The van der Waals surface area contributed by atoms with E-state index >= 15 is 0 Å². The number of hydrogen-bond acceptors (Lipinski definition) is 4. The van der Waals surface area contributed by atoms with Crippen molar-refractivity contribution in [1.82, 2.24) is 9.88 Å². The zero-order valence-electron chi connectivity index (χ0n) is 19.6. The number of aromatic nitrogens is 1. The second-order valence-corrected chi connectivity index (χ2v) is 9.94. The molecule has 0 saturated heterocycles. The van der Waals surface area contributed by atoms with Crippen LogP contribution in [0.3, 0.4) is 0 Å². The molecule has 1 aromatic heterocycles. The van der Waals surface area contributed by atoms with Crippen LogP contribution >= 0.6 is 0 Å². The number of anilines is 1. The molecule has 0 spiro atoms. The molecule has 0 radical (unpaired) electrons. The molecule has 0 unspecified atom stereocenters. The van der Waals surface area contributed by atoms with Crippen LogP contribution < -0.4 is 9.73 Å². The summed E-state index contributed by atoms with van der Waals surface area (Å²) in [4.78, 5) is 30.7. The van der Waals surface area contributed by atoms with Gasteiger partial charge in [-0.2, -0.15) is 0 Å². The molecule has 3 rings (SSSR count). The third kappa shape index (κ3) is 4.95. The number of aryl methyl sites for hydroxylation is 1. The van der Waals surface area contributed by atoms with E-state index in [-0.39, 0.29) is 21.8 Å². The SMILES string of the molecule is CCCCN(CC)C(=O)c1c[nH]c2ccc(S(=O)(=O)N(C)c3ccc(CC)cc3)cc2c1=O. The average Bonchev–Trinajstić information content (AvgIpc) is 2.84. The molecule has 0 saturated carbocycles. The Kier molecular flexibility index (Phi) is 7.58. The summed E-state index contributed by atoms with van der Waals surface area (Å²) >= 11 is 0. The first-order valence-electron chi connectivity index (χ1n) is 11.3. The van der Waals surface area contributed by atoms with Crippen LogP contribution in [0.4, 0.5) is 5.69 Å². The minimum Gasteiger partial charge on any atom is -0.360 e. The quantitative estimate of drug-likeness (QED) is 0.509. The van der Waals surface area contributed by atoms with Crippen LogP contribution in [0.2, 0.25) is 0 Å². The normalized spacial score (nSPS) is 11.5. The number of carbonyl (C=O) groups is 1. The van der Waals surface area contributed by atoms with Crippen molar-refractivity contribution >= 4 is 32.5 Å². The number of hydrogen-bond donors (Lipinski definition) is 1. The molecule has 1 heterocycles. The smallest absolute Gasteiger partial charge is 0.264 e. The Balaban J connectivity index is 2.02. The molecule has 2 aromatic carbocycles. The Morgan fingerprint density at radius 1 is 1.03 bits per heavy atom. The maximum absolute atomic E-state index is 13.3. The van der Waals surface area contributed by atoms with Crippen LogP contribution in [0.5, 0.6) is 0 Å². The number of fused-ring (bicyclic) bond motifs is 1. The summed E-state index contributed by atoms with van der Waals surface area (Å²) in [6, 6.07) is 11.7. The van der Waals surface area contributed by atoms with E-state index in [1.165, 1.54) is 29.7 Å². The molecular weight excluding hydrogens is 438 g/mol. The molecule has 1 amide bonds. The van der Waals surface area contributed by atoms with Crippen LogP contribution in [0.1, 0.15) is 49.5 Å². The largest absolute Gasteiger partial charge is 0.360 e. The molecule has 8 heteroatoms. The summed E-state index contributed by atoms with van der Waals surface area (Å²) in [6.45, 7) is 7.00. The van der Waals surface area contributed by atoms with Gasteiger partial charge in [0.25, 0.3) is 15.9 Å². The lowest BCUT2D eigenvalue weighted by molar-refractivity contribution is 0.0761. The fraction of sp³-hybridized carbons (Fsp3) is 0.360. The average molecular weight is 470 g/mol. The topological polar surface area (TPSA) is 90.6 Å². The number of sulfonamides is 1. The first-order valence-corrected chi connectivity index (χ1v) is 12.7. The molecule has 3 aromatic rings. The standard InChI is InChI=1S/C25H31N3O4S/c1-5-8-15-28(7-3)25(30)22-17-26-23-14-13-20(16-21(23)24(22)29)33(31,32)27(4)19-11-9-18(6-2)10-12-19/h9-14,16-17H,5-8,15H2,1-4H3,(H,26,29). The third-order valence-electron chi connectivity index (χ3n) is 5.90. The van der Waals surface area contributed by atoms with Crippen molar-refractivity contribution in [1.29, 1.82) is 0 Å². The Bertz CT molecular complexity index is 1300. The molecule has 0 atom stereocenters. The lowest BCUT2D eigenvalue weighted by Crippen LogP contribution is -2.35. The van der Waals surface area contributed by atoms with E-state index in [9.17, 15) is 18.0 Å². The molecule has 33 heavy (non-hydrogen) atoms. The van der Waals surface area contributed by atoms with Crippen molar-refractivity contribution in [3.8, 4) is 0 Å². The highest BCUT2D eigenvalue weighted by Gasteiger charge is 2.24. The van der Waals surface area contributed by atoms with Gasteiger partial charge in [0.15, 0.2) is 0 Å². The maximum Gasteiger partial charge on any atom is 0.264 e.